The first-order valence-corrected chi connectivity index (χ1v) is 7.03. The van der Waals surface area contributed by atoms with E-state index in [1.807, 2.05) is 6.07 Å². The molecule has 0 radical (unpaired) electrons. The van der Waals surface area contributed by atoms with Crippen LogP contribution in [0, 0.1) is 0 Å². The van der Waals surface area contributed by atoms with E-state index in [1.165, 1.54) is 19.3 Å². The predicted molar refractivity (Wildman–Crippen MR) is 78.4 cm³/mol. The molecule has 1 aromatic rings. The number of aromatic nitrogens is 1. The normalized spacial score (nSPS) is 10.9. The fourth-order valence-electron chi connectivity index (χ4n) is 1.80. The Labute approximate surface area is 113 Å². The number of anilines is 2. The molecule has 0 saturated heterocycles. The summed E-state index contributed by atoms with van der Waals surface area (Å²) in [6, 6.07) is 2.36. The molecule has 96 valence electrons. The van der Waals surface area contributed by atoms with Crippen LogP contribution in [0.4, 0.5) is 11.5 Å². The van der Waals surface area contributed by atoms with Crippen LogP contribution >= 0.6 is 15.9 Å². The van der Waals surface area contributed by atoms with Crippen LogP contribution in [0.3, 0.4) is 0 Å². The van der Waals surface area contributed by atoms with Gasteiger partial charge in [0.25, 0.3) is 0 Å². The molecule has 1 heterocycles. The molecule has 0 aliphatic carbocycles. The minimum atomic E-state index is 0.444. The second-order valence-electron chi connectivity index (χ2n) is 4.57. The summed E-state index contributed by atoms with van der Waals surface area (Å²) in [6.07, 6.45) is 5.42. The summed E-state index contributed by atoms with van der Waals surface area (Å²) >= 11 is 3.54. The molecular formula is C13H22BrN3. The lowest BCUT2D eigenvalue weighted by Crippen LogP contribution is -2.32. The molecule has 0 saturated carbocycles. The SMILES string of the molecule is CCCCCN(c1ncc(N)cc1Br)C(C)C. The smallest absolute Gasteiger partial charge is 0.143 e. The average Bonchev–Trinajstić information content (AvgIpc) is 2.25. The number of halogens is 1. The second kappa shape index (κ2) is 6.84. The molecule has 1 rings (SSSR count). The van der Waals surface area contributed by atoms with E-state index in [1.54, 1.807) is 6.20 Å². The van der Waals surface area contributed by atoms with Crippen molar-refractivity contribution < 1.29 is 0 Å². The first-order valence-electron chi connectivity index (χ1n) is 6.24. The molecule has 0 bridgehead atoms. The first kappa shape index (κ1) is 14.3. The van der Waals surface area contributed by atoms with Crippen LogP contribution in [0.1, 0.15) is 40.0 Å². The minimum absolute atomic E-state index is 0.444. The van der Waals surface area contributed by atoms with Gasteiger partial charge in [-0.2, -0.15) is 0 Å². The van der Waals surface area contributed by atoms with Gasteiger partial charge in [-0.1, -0.05) is 19.8 Å². The van der Waals surface area contributed by atoms with Crippen molar-refractivity contribution in [3.05, 3.63) is 16.7 Å². The molecule has 0 atom stereocenters. The van der Waals surface area contributed by atoms with E-state index in [9.17, 15) is 0 Å². The number of hydrogen-bond acceptors (Lipinski definition) is 3. The van der Waals surface area contributed by atoms with Gasteiger partial charge in [-0.25, -0.2) is 4.98 Å². The van der Waals surface area contributed by atoms with Gasteiger partial charge in [-0.05, 0) is 42.3 Å². The third-order valence-electron chi connectivity index (χ3n) is 2.74. The molecule has 17 heavy (non-hydrogen) atoms. The van der Waals surface area contributed by atoms with Gasteiger partial charge in [0, 0.05) is 12.6 Å². The van der Waals surface area contributed by atoms with E-state index in [2.05, 4.69) is 46.6 Å². The van der Waals surface area contributed by atoms with Crippen molar-refractivity contribution in [1.29, 1.82) is 0 Å². The molecule has 4 heteroatoms. The molecule has 3 nitrogen and oxygen atoms in total. The quantitative estimate of drug-likeness (QED) is 0.812. The zero-order valence-corrected chi connectivity index (χ0v) is 12.5. The Morgan fingerprint density at radius 1 is 1.41 bits per heavy atom. The number of rotatable bonds is 6. The Kier molecular flexibility index (Phi) is 5.75. The van der Waals surface area contributed by atoms with Crippen molar-refractivity contribution in [3.63, 3.8) is 0 Å². The maximum atomic E-state index is 5.71. The minimum Gasteiger partial charge on any atom is -0.397 e. The third kappa shape index (κ3) is 4.19. The summed E-state index contributed by atoms with van der Waals surface area (Å²) in [6.45, 7) is 7.64. The molecule has 0 spiro atoms. The molecule has 1 aromatic heterocycles. The van der Waals surface area contributed by atoms with Crippen molar-refractivity contribution in [3.8, 4) is 0 Å². The van der Waals surface area contributed by atoms with Crippen molar-refractivity contribution in [2.75, 3.05) is 17.2 Å². The van der Waals surface area contributed by atoms with E-state index in [0.29, 0.717) is 11.7 Å². The summed E-state index contributed by atoms with van der Waals surface area (Å²) in [4.78, 5) is 6.75. The van der Waals surface area contributed by atoms with Crippen LogP contribution in [-0.4, -0.2) is 17.6 Å². The highest BCUT2D eigenvalue weighted by molar-refractivity contribution is 9.10. The topological polar surface area (TPSA) is 42.2 Å². The molecule has 0 fully saturated rings. The Balaban J connectivity index is 2.82. The Bertz CT molecular complexity index is 353. The van der Waals surface area contributed by atoms with Crippen molar-refractivity contribution in [2.24, 2.45) is 0 Å². The number of pyridine rings is 1. The van der Waals surface area contributed by atoms with Gasteiger partial charge < -0.3 is 10.6 Å². The Morgan fingerprint density at radius 3 is 2.65 bits per heavy atom. The summed E-state index contributed by atoms with van der Waals surface area (Å²) in [7, 11) is 0. The van der Waals surface area contributed by atoms with Crippen LogP contribution in [0.2, 0.25) is 0 Å². The van der Waals surface area contributed by atoms with E-state index in [-0.39, 0.29) is 0 Å². The Morgan fingerprint density at radius 2 is 2.12 bits per heavy atom. The monoisotopic (exact) mass is 299 g/mol. The summed E-state index contributed by atoms with van der Waals surface area (Å²) in [5.74, 6) is 0.991. The van der Waals surface area contributed by atoms with Gasteiger partial charge in [-0.15, -0.1) is 0 Å². The van der Waals surface area contributed by atoms with Crippen molar-refractivity contribution >= 4 is 27.4 Å². The average molecular weight is 300 g/mol. The summed E-state index contributed by atoms with van der Waals surface area (Å²) in [5.41, 5.74) is 6.41. The molecule has 2 N–H and O–H groups in total. The van der Waals surface area contributed by atoms with Gasteiger partial charge >= 0.3 is 0 Å². The highest BCUT2D eigenvalue weighted by Gasteiger charge is 2.14. The fourth-order valence-corrected chi connectivity index (χ4v) is 2.39. The Hall–Kier alpha value is -0.770. The number of nitrogen functional groups attached to an aromatic ring is 1. The molecule has 0 amide bonds. The van der Waals surface area contributed by atoms with Gasteiger partial charge in [0.05, 0.1) is 16.4 Å². The highest BCUT2D eigenvalue weighted by atomic mass is 79.9. The fraction of sp³-hybridized carbons (Fsp3) is 0.615. The van der Waals surface area contributed by atoms with Gasteiger partial charge in [-0.3, -0.25) is 0 Å². The molecular weight excluding hydrogens is 278 g/mol. The third-order valence-corrected chi connectivity index (χ3v) is 3.32. The van der Waals surface area contributed by atoms with Crippen LogP contribution in [0.25, 0.3) is 0 Å². The molecule has 0 unspecified atom stereocenters. The van der Waals surface area contributed by atoms with Crippen molar-refractivity contribution in [1.82, 2.24) is 4.98 Å². The zero-order valence-electron chi connectivity index (χ0n) is 10.9. The maximum Gasteiger partial charge on any atom is 0.143 e. The van der Waals surface area contributed by atoms with Gasteiger partial charge in [0.1, 0.15) is 5.82 Å². The van der Waals surface area contributed by atoms with Crippen LogP contribution in [-0.2, 0) is 0 Å². The first-order chi connectivity index (χ1) is 8.06. The lowest BCUT2D eigenvalue weighted by Gasteiger charge is -2.28. The maximum absolute atomic E-state index is 5.71. The number of nitrogens with two attached hydrogens (primary N) is 1. The van der Waals surface area contributed by atoms with E-state index in [0.717, 1.165) is 16.8 Å². The number of hydrogen-bond donors (Lipinski definition) is 1. The van der Waals surface area contributed by atoms with Crippen molar-refractivity contribution in [2.45, 2.75) is 46.1 Å². The standard InChI is InChI=1S/C13H22BrN3/c1-4-5-6-7-17(10(2)3)13-12(14)8-11(15)9-16-13/h8-10H,4-7,15H2,1-3H3. The lowest BCUT2D eigenvalue weighted by molar-refractivity contribution is 0.619. The highest BCUT2D eigenvalue weighted by Crippen LogP contribution is 2.27. The molecule has 0 aliphatic heterocycles. The second-order valence-corrected chi connectivity index (χ2v) is 5.42. The van der Waals surface area contributed by atoms with E-state index >= 15 is 0 Å². The zero-order chi connectivity index (χ0) is 12.8. The predicted octanol–water partition coefficient (Wildman–Crippen LogP) is 3.83. The molecule has 0 aliphatic rings. The van der Waals surface area contributed by atoms with Crippen LogP contribution in [0.5, 0.6) is 0 Å². The van der Waals surface area contributed by atoms with Crippen LogP contribution in [0.15, 0.2) is 16.7 Å². The number of unbranched alkanes of at least 4 members (excludes halogenated alkanes) is 2. The largest absolute Gasteiger partial charge is 0.397 e. The van der Waals surface area contributed by atoms with Gasteiger partial charge in [0.15, 0.2) is 0 Å². The molecule has 0 aromatic carbocycles. The number of nitrogens with zero attached hydrogens (tertiary/aromatic N) is 2. The van der Waals surface area contributed by atoms with E-state index < -0.39 is 0 Å². The van der Waals surface area contributed by atoms with Gasteiger partial charge in [0.2, 0.25) is 0 Å². The van der Waals surface area contributed by atoms with E-state index in [4.69, 9.17) is 5.73 Å². The lowest BCUT2D eigenvalue weighted by atomic mass is 10.2. The van der Waals surface area contributed by atoms with Crippen LogP contribution < -0.4 is 10.6 Å². The summed E-state index contributed by atoms with van der Waals surface area (Å²) < 4.78 is 0.975. The summed E-state index contributed by atoms with van der Waals surface area (Å²) in [5, 5.41) is 0.